The number of benzene rings is 1. The third-order valence-corrected chi connectivity index (χ3v) is 5.36. The number of rotatable bonds is 6. The number of hydrogen-bond donors (Lipinski definition) is 2. The van der Waals surface area contributed by atoms with Crippen molar-refractivity contribution in [2.24, 2.45) is 5.92 Å². The SMILES string of the molecule is CC(C)C(NC(=O)Nc1ccc(-c2nnnn2C2CC2)cc1)c1nnc2ccccn12. The zero-order chi connectivity index (χ0) is 21.4. The number of carbonyl (C=O) groups is 1. The van der Waals surface area contributed by atoms with E-state index >= 15 is 0 Å². The maximum Gasteiger partial charge on any atom is 0.319 e. The minimum absolute atomic E-state index is 0.127. The Labute approximate surface area is 178 Å². The first-order chi connectivity index (χ1) is 15.1. The van der Waals surface area contributed by atoms with Crippen LogP contribution in [0.3, 0.4) is 0 Å². The van der Waals surface area contributed by atoms with Gasteiger partial charge in [0, 0.05) is 17.4 Å². The Kier molecular flexibility index (Phi) is 4.81. The molecule has 4 aromatic rings. The van der Waals surface area contributed by atoms with Gasteiger partial charge in [0.25, 0.3) is 0 Å². The first-order valence-electron chi connectivity index (χ1n) is 10.4. The molecular formula is C21H23N9O. The largest absolute Gasteiger partial charge is 0.328 e. The molecule has 1 aliphatic carbocycles. The van der Waals surface area contributed by atoms with Crippen LogP contribution in [0.5, 0.6) is 0 Å². The maximum absolute atomic E-state index is 12.7. The molecule has 10 nitrogen and oxygen atoms in total. The molecule has 0 bridgehead atoms. The van der Waals surface area contributed by atoms with E-state index in [1.54, 1.807) is 0 Å². The number of aromatic nitrogens is 7. The molecular weight excluding hydrogens is 394 g/mol. The number of anilines is 1. The second-order valence-corrected chi connectivity index (χ2v) is 8.06. The highest BCUT2D eigenvalue weighted by atomic mass is 16.2. The summed E-state index contributed by atoms with van der Waals surface area (Å²) in [5.41, 5.74) is 2.34. The summed E-state index contributed by atoms with van der Waals surface area (Å²) in [6, 6.07) is 13.0. The molecule has 2 amide bonds. The Balaban J connectivity index is 1.29. The van der Waals surface area contributed by atoms with Crippen LogP contribution in [0.15, 0.2) is 48.7 Å². The van der Waals surface area contributed by atoms with Gasteiger partial charge in [0.1, 0.15) is 0 Å². The normalized spacial score (nSPS) is 14.7. The van der Waals surface area contributed by atoms with Crippen LogP contribution in [-0.4, -0.2) is 40.8 Å². The number of nitrogens with one attached hydrogen (secondary N) is 2. The summed E-state index contributed by atoms with van der Waals surface area (Å²) >= 11 is 0. The van der Waals surface area contributed by atoms with E-state index < -0.39 is 0 Å². The summed E-state index contributed by atoms with van der Waals surface area (Å²) < 4.78 is 3.76. The van der Waals surface area contributed by atoms with E-state index in [4.69, 9.17) is 0 Å². The van der Waals surface area contributed by atoms with Crippen molar-refractivity contribution in [2.75, 3.05) is 5.32 Å². The minimum atomic E-state index is -0.304. The van der Waals surface area contributed by atoms with Crippen molar-refractivity contribution >= 4 is 17.4 Å². The molecule has 3 heterocycles. The highest BCUT2D eigenvalue weighted by Gasteiger charge is 2.28. The molecule has 5 rings (SSSR count). The van der Waals surface area contributed by atoms with Crippen LogP contribution in [0, 0.1) is 5.92 Å². The van der Waals surface area contributed by atoms with Gasteiger partial charge in [0.05, 0.1) is 12.1 Å². The molecule has 1 fully saturated rings. The number of fused-ring (bicyclic) bond motifs is 1. The van der Waals surface area contributed by atoms with Gasteiger partial charge in [-0.2, -0.15) is 0 Å². The molecule has 0 radical (unpaired) electrons. The van der Waals surface area contributed by atoms with Crippen LogP contribution in [-0.2, 0) is 0 Å². The molecule has 1 saturated carbocycles. The highest BCUT2D eigenvalue weighted by Crippen LogP contribution is 2.36. The van der Waals surface area contributed by atoms with Crippen LogP contribution < -0.4 is 10.6 Å². The zero-order valence-electron chi connectivity index (χ0n) is 17.3. The van der Waals surface area contributed by atoms with Gasteiger partial charge in [-0.05, 0) is 65.6 Å². The summed E-state index contributed by atoms with van der Waals surface area (Å²) in [7, 11) is 0. The predicted octanol–water partition coefficient (Wildman–Crippen LogP) is 3.24. The molecule has 31 heavy (non-hydrogen) atoms. The minimum Gasteiger partial charge on any atom is -0.328 e. The lowest BCUT2D eigenvalue weighted by molar-refractivity contribution is 0.243. The quantitative estimate of drug-likeness (QED) is 0.498. The molecule has 10 heteroatoms. The fourth-order valence-corrected chi connectivity index (χ4v) is 3.56. The molecule has 1 aromatic carbocycles. The number of amides is 2. The average Bonchev–Trinajstić information content (AvgIpc) is 3.34. The molecule has 1 atom stereocenters. The number of carbonyl (C=O) groups excluding carboxylic acids is 1. The summed E-state index contributed by atoms with van der Waals surface area (Å²) in [5, 5.41) is 26.4. The van der Waals surface area contributed by atoms with Crippen LogP contribution in [0.1, 0.15) is 44.6 Å². The topological polar surface area (TPSA) is 115 Å². The van der Waals surface area contributed by atoms with E-state index in [0.29, 0.717) is 17.6 Å². The second kappa shape index (κ2) is 7.78. The molecule has 0 aliphatic heterocycles. The fourth-order valence-electron chi connectivity index (χ4n) is 3.56. The van der Waals surface area contributed by atoms with Crippen LogP contribution in [0.2, 0.25) is 0 Å². The summed E-state index contributed by atoms with van der Waals surface area (Å²) in [4.78, 5) is 12.7. The molecule has 1 unspecified atom stereocenters. The smallest absolute Gasteiger partial charge is 0.319 e. The van der Waals surface area contributed by atoms with E-state index in [2.05, 4.69) is 36.4 Å². The van der Waals surface area contributed by atoms with Crippen LogP contribution >= 0.6 is 0 Å². The van der Waals surface area contributed by atoms with Crippen molar-refractivity contribution in [3.05, 3.63) is 54.5 Å². The van der Waals surface area contributed by atoms with Crippen molar-refractivity contribution < 1.29 is 4.79 Å². The monoisotopic (exact) mass is 417 g/mol. The van der Waals surface area contributed by atoms with Gasteiger partial charge in [0.2, 0.25) is 0 Å². The number of hydrogen-bond acceptors (Lipinski definition) is 6. The Morgan fingerprint density at radius 3 is 2.61 bits per heavy atom. The molecule has 158 valence electrons. The van der Waals surface area contributed by atoms with E-state index in [9.17, 15) is 4.79 Å². The third-order valence-electron chi connectivity index (χ3n) is 5.36. The summed E-state index contributed by atoms with van der Waals surface area (Å²) in [6.45, 7) is 4.07. The lowest BCUT2D eigenvalue weighted by atomic mass is 10.0. The molecule has 2 N–H and O–H groups in total. The number of nitrogens with zero attached hydrogens (tertiary/aromatic N) is 7. The van der Waals surface area contributed by atoms with Crippen LogP contribution in [0.25, 0.3) is 17.0 Å². The van der Waals surface area contributed by atoms with Gasteiger partial charge in [-0.3, -0.25) is 4.40 Å². The van der Waals surface area contributed by atoms with E-state index in [0.717, 1.165) is 29.9 Å². The lowest BCUT2D eigenvalue weighted by Gasteiger charge is -2.21. The second-order valence-electron chi connectivity index (χ2n) is 8.06. The predicted molar refractivity (Wildman–Crippen MR) is 114 cm³/mol. The number of pyridine rings is 1. The van der Waals surface area contributed by atoms with Crippen LogP contribution in [0.4, 0.5) is 10.5 Å². The molecule has 3 aromatic heterocycles. The number of urea groups is 1. The molecule has 0 saturated heterocycles. The van der Waals surface area contributed by atoms with Gasteiger partial charge in [0.15, 0.2) is 17.3 Å². The zero-order valence-corrected chi connectivity index (χ0v) is 17.3. The number of tetrazole rings is 1. The third kappa shape index (κ3) is 3.83. The van der Waals surface area contributed by atoms with Crippen molar-refractivity contribution in [3.63, 3.8) is 0 Å². The highest BCUT2D eigenvalue weighted by molar-refractivity contribution is 5.89. The van der Waals surface area contributed by atoms with Crippen molar-refractivity contribution in [3.8, 4) is 11.4 Å². The molecule has 0 spiro atoms. The van der Waals surface area contributed by atoms with Crippen molar-refractivity contribution in [1.29, 1.82) is 0 Å². The Hall–Kier alpha value is -3.82. The van der Waals surface area contributed by atoms with Gasteiger partial charge in [-0.25, -0.2) is 9.48 Å². The Bertz CT molecular complexity index is 1210. The van der Waals surface area contributed by atoms with E-state index in [-0.39, 0.29) is 18.0 Å². The first-order valence-corrected chi connectivity index (χ1v) is 10.4. The van der Waals surface area contributed by atoms with E-state index in [1.165, 1.54) is 0 Å². The van der Waals surface area contributed by atoms with Gasteiger partial charge < -0.3 is 10.6 Å². The van der Waals surface area contributed by atoms with E-state index in [1.807, 2.05) is 71.6 Å². The Morgan fingerprint density at radius 1 is 1.06 bits per heavy atom. The van der Waals surface area contributed by atoms with Gasteiger partial charge >= 0.3 is 6.03 Å². The van der Waals surface area contributed by atoms with Gasteiger partial charge in [-0.15, -0.1) is 15.3 Å². The first kappa shape index (κ1) is 19.2. The fraction of sp³-hybridized carbons (Fsp3) is 0.333. The standard InChI is InChI=1S/C21H23N9O/c1-13(2)18(20-25-24-17-5-3-4-12-29(17)20)23-21(31)22-15-8-6-14(7-9-15)19-26-27-28-30(19)16-10-11-16/h3-9,12-13,16,18H,10-11H2,1-2H3,(H2,22,23,31). The summed E-state index contributed by atoms with van der Waals surface area (Å²) in [5.74, 6) is 1.57. The Morgan fingerprint density at radius 2 is 1.87 bits per heavy atom. The maximum atomic E-state index is 12.7. The average molecular weight is 417 g/mol. The van der Waals surface area contributed by atoms with Gasteiger partial charge in [-0.1, -0.05) is 19.9 Å². The lowest BCUT2D eigenvalue weighted by Crippen LogP contribution is -2.36. The summed E-state index contributed by atoms with van der Waals surface area (Å²) in [6.07, 6.45) is 4.11. The van der Waals surface area contributed by atoms with Crippen molar-refractivity contribution in [2.45, 2.75) is 38.8 Å². The van der Waals surface area contributed by atoms with Crippen molar-refractivity contribution in [1.82, 2.24) is 40.1 Å². The molecule has 1 aliphatic rings.